The molecule has 3 aromatic rings. The lowest BCUT2D eigenvalue weighted by Crippen LogP contribution is -2.27. The molecule has 25 heavy (non-hydrogen) atoms. The van der Waals surface area contributed by atoms with Crippen molar-refractivity contribution in [1.82, 2.24) is 20.1 Å². The predicted molar refractivity (Wildman–Crippen MR) is 90.9 cm³/mol. The third-order valence-corrected chi connectivity index (χ3v) is 3.65. The van der Waals surface area contributed by atoms with Crippen LogP contribution in [0.25, 0.3) is 17.1 Å². The highest BCUT2D eigenvalue weighted by Crippen LogP contribution is 2.23. The van der Waals surface area contributed by atoms with Gasteiger partial charge >= 0.3 is 0 Å². The summed E-state index contributed by atoms with van der Waals surface area (Å²) in [6.07, 6.45) is 0. The van der Waals surface area contributed by atoms with E-state index >= 15 is 0 Å². The van der Waals surface area contributed by atoms with Crippen molar-refractivity contribution in [3.8, 4) is 17.1 Å². The second-order valence-electron chi connectivity index (χ2n) is 5.44. The van der Waals surface area contributed by atoms with Crippen molar-refractivity contribution in [3.63, 3.8) is 0 Å². The summed E-state index contributed by atoms with van der Waals surface area (Å²) in [5, 5.41) is 15.7. The van der Waals surface area contributed by atoms with Crippen molar-refractivity contribution in [2.75, 3.05) is 13.2 Å². The monoisotopic (exact) mass is 340 g/mol. The first-order valence-corrected chi connectivity index (χ1v) is 7.78. The van der Waals surface area contributed by atoms with E-state index in [-0.39, 0.29) is 24.8 Å². The molecule has 6 nitrogen and oxygen atoms in total. The lowest BCUT2D eigenvalue weighted by Gasteiger charge is -2.08. The highest BCUT2D eigenvalue weighted by molar-refractivity contribution is 5.91. The Bertz CT molecular complexity index is 890. The summed E-state index contributed by atoms with van der Waals surface area (Å²) >= 11 is 0. The van der Waals surface area contributed by atoms with Gasteiger partial charge in [0, 0.05) is 12.1 Å². The summed E-state index contributed by atoms with van der Waals surface area (Å²) in [7, 11) is 0. The minimum atomic E-state index is -0.482. The lowest BCUT2D eigenvalue weighted by atomic mass is 10.1. The molecule has 0 aliphatic rings. The number of carbonyl (C=O) groups excluding carboxylic acids is 1. The zero-order valence-electron chi connectivity index (χ0n) is 13.6. The highest BCUT2D eigenvalue weighted by atomic mass is 19.1. The molecular weight excluding hydrogens is 323 g/mol. The number of rotatable bonds is 5. The van der Waals surface area contributed by atoms with Crippen molar-refractivity contribution >= 4 is 5.91 Å². The Kier molecular flexibility index (Phi) is 4.85. The van der Waals surface area contributed by atoms with E-state index in [0.29, 0.717) is 11.4 Å². The number of hydrogen-bond acceptors (Lipinski definition) is 4. The Balaban J connectivity index is 2.11. The minimum absolute atomic E-state index is 0.0176. The Morgan fingerprint density at radius 2 is 1.92 bits per heavy atom. The van der Waals surface area contributed by atoms with Crippen LogP contribution in [0.2, 0.25) is 0 Å². The van der Waals surface area contributed by atoms with Crippen LogP contribution in [0.1, 0.15) is 16.2 Å². The molecule has 2 N–H and O–H groups in total. The van der Waals surface area contributed by atoms with Gasteiger partial charge in [-0.25, -0.2) is 14.1 Å². The molecule has 1 amide bonds. The molecule has 1 heterocycles. The van der Waals surface area contributed by atoms with Gasteiger partial charge < -0.3 is 10.4 Å². The molecule has 0 fully saturated rings. The molecule has 0 saturated carbocycles. The number of para-hydroxylation sites is 1. The summed E-state index contributed by atoms with van der Waals surface area (Å²) in [6.45, 7) is 1.87. The van der Waals surface area contributed by atoms with Gasteiger partial charge in [-0.2, -0.15) is 0 Å². The normalized spacial score (nSPS) is 10.7. The Labute approximate surface area is 144 Å². The SMILES string of the molecule is Cc1ccccc1-n1nc(C(=O)NCCO)nc1-c1ccc(F)cc1. The van der Waals surface area contributed by atoms with Gasteiger partial charge in [-0.3, -0.25) is 4.79 Å². The van der Waals surface area contributed by atoms with Gasteiger partial charge in [0.05, 0.1) is 12.3 Å². The number of nitrogens with one attached hydrogen (secondary N) is 1. The summed E-state index contributed by atoms with van der Waals surface area (Å²) in [6, 6.07) is 13.4. The summed E-state index contributed by atoms with van der Waals surface area (Å²) in [4.78, 5) is 16.5. The number of benzene rings is 2. The fourth-order valence-corrected chi connectivity index (χ4v) is 2.41. The maximum absolute atomic E-state index is 13.2. The van der Waals surface area contributed by atoms with E-state index in [0.717, 1.165) is 11.3 Å². The third-order valence-electron chi connectivity index (χ3n) is 3.65. The second-order valence-corrected chi connectivity index (χ2v) is 5.44. The van der Waals surface area contributed by atoms with E-state index in [1.165, 1.54) is 12.1 Å². The number of amides is 1. The van der Waals surface area contributed by atoms with Crippen LogP contribution in [0, 0.1) is 12.7 Å². The molecule has 0 bridgehead atoms. The van der Waals surface area contributed by atoms with E-state index in [2.05, 4.69) is 15.4 Å². The van der Waals surface area contributed by atoms with Gasteiger partial charge in [0.25, 0.3) is 5.91 Å². The molecule has 0 atom stereocenters. The Morgan fingerprint density at radius 1 is 1.20 bits per heavy atom. The summed E-state index contributed by atoms with van der Waals surface area (Å²) in [5.41, 5.74) is 2.37. The van der Waals surface area contributed by atoms with Crippen LogP contribution in [-0.4, -0.2) is 38.9 Å². The Morgan fingerprint density at radius 3 is 2.60 bits per heavy atom. The van der Waals surface area contributed by atoms with Gasteiger partial charge in [-0.15, -0.1) is 5.10 Å². The fraction of sp³-hybridized carbons (Fsp3) is 0.167. The first kappa shape index (κ1) is 16.8. The highest BCUT2D eigenvalue weighted by Gasteiger charge is 2.19. The Hall–Kier alpha value is -3.06. The minimum Gasteiger partial charge on any atom is -0.395 e. The number of nitrogens with zero attached hydrogens (tertiary/aromatic N) is 3. The first-order chi connectivity index (χ1) is 12.1. The average molecular weight is 340 g/mol. The topological polar surface area (TPSA) is 80.0 Å². The van der Waals surface area contributed by atoms with Gasteiger partial charge in [-0.1, -0.05) is 18.2 Å². The van der Waals surface area contributed by atoms with Crippen LogP contribution in [-0.2, 0) is 0 Å². The largest absolute Gasteiger partial charge is 0.395 e. The van der Waals surface area contributed by atoms with E-state index in [9.17, 15) is 9.18 Å². The van der Waals surface area contributed by atoms with Gasteiger partial charge in [-0.05, 0) is 42.8 Å². The zero-order valence-corrected chi connectivity index (χ0v) is 13.6. The quantitative estimate of drug-likeness (QED) is 0.745. The summed E-state index contributed by atoms with van der Waals surface area (Å²) < 4.78 is 14.8. The van der Waals surface area contributed by atoms with Crippen LogP contribution in [0.4, 0.5) is 4.39 Å². The van der Waals surface area contributed by atoms with Crippen LogP contribution in [0.5, 0.6) is 0 Å². The molecule has 2 aromatic carbocycles. The molecule has 0 spiro atoms. The van der Waals surface area contributed by atoms with Crippen molar-refractivity contribution in [2.24, 2.45) is 0 Å². The molecule has 7 heteroatoms. The lowest BCUT2D eigenvalue weighted by molar-refractivity contribution is 0.0934. The number of carbonyl (C=O) groups is 1. The van der Waals surface area contributed by atoms with Gasteiger partial charge in [0.15, 0.2) is 5.82 Å². The first-order valence-electron chi connectivity index (χ1n) is 7.78. The van der Waals surface area contributed by atoms with Crippen LogP contribution in [0.3, 0.4) is 0 Å². The molecule has 0 saturated heterocycles. The van der Waals surface area contributed by atoms with Crippen LogP contribution in [0.15, 0.2) is 48.5 Å². The molecular formula is C18H17FN4O2. The molecule has 0 aliphatic carbocycles. The predicted octanol–water partition coefficient (Wildman–Crippen LogP) is 2.10. The van der Waals surface area contributed by atoms with Gasteiger partial charge in [0.2, 0.25) is 5.82 Å². The molecule has 0 radical (unpaired) electrons. The molecule has 0 unspecified atom stereocenters. The average Bonchev–Trinajstić information content (AvgIpc) is 3.06. The molecule has 1 aromatic heterocycles. The standard InChI is InChI=1S/C18H17FN4O2/c1-12-4-2-3-5-15(12)23-17(13-6-8-14(19)9-7-13)21-16(22-23)18(25)20-10-11-24/h2-9,24H,10-11H2,1H3,(H,20,25). The maximum Gasteiger partial charge on any atom is 0.291 e. The smallest absolute Gasteiger partial charge is 0.291 e. The maximum atomic E-state index is 13.2. The van der Waals surface area contributed by atoms with Crippen molar-refractivity contribution in [3.05, 3.63) is 65.7 Å². The number of halogens is 1. The van der Waals surface area contributed by atoms with Crippen molar-refractivity contribution < 1.29 is 14.3 Å². The van der Waals surface area contributed by atoms with Crippen LogP contribution >= 0.6 is 0 Å². The van der Waals surface area contributed by atoms with E-state index < -0.39 is 5.91 Å². The van der Waals surface area contributed by atoms with E-state index in [1.54, 1.807) is 16.8 Å². The fourth-order valence-electron chi connectivity index (χ4n) is 2.41. The number of aryl methyl sites for hydroxylation is 1. The second kappa shape index (κ2) is 7.23. The van der Waals surface area contributed by atoms with Gasteiger partial charge in [0.1, 0.15) is 5.82 Å². The van der Waals surface area contributed by atoms with Crippen LogP contribution < -0.4 is 5.32 Å². The number of aromatic nitrogens is 3. The van der Waals surface area contributed by atoms with Crippen molar-refractivity contribution in [2.45, 2.75) is 6.92 Å². The molecule has 3 rings (SSSR count). The van der Waals surface area contributed by atoms with E-state index in [1.807, 2.05) is 31.2 Å². The number of hydrogen-bond donors (Lipinski definition) is 2. The third kappa shape index (κ3) is 3.56. The molecule has 128 valence electrons. The molecule has 0 aliphatic heterocycles. The number of aliphatic hydroxyl groups excluding tert-OH is 1. The number of aliphatic hydroxyl groups is 1. The van der Waals surface area contributed by atoms with E-state index in [4.69, 9.17) is 5.11 Å². The summed E-state index contributed by atoms with van der Waals surface area (Å²) in [5.74, 6) is -0.421. The zero-order chi connectivity index (χ0) is 17.8. The van der Waals surface area contributed by atoms with Crippen molar-refractivity contribution in [1.29, 1.82) is 0 Å².